The Hall–Kier alpha value is -1.69. The molecular weight excluding hydrogens is 246 g/mol. The van der Waals surface area contributed by atoms with Crippen LogP contribution in [0, 0.1) is 6.92 Å². The Labute approximate surface area is 111 Å². The zero-order chi connectivity index (χ0) is 13.0. The van der Waals surface area contributed by atoms with Crippen LogP contribution in [-0.4, -0.2) is 15.0 Å². The van der Waals surface area contributed by atoms with Gasteiger partial charge in [0.05, 0.1) is 12.2 Å². The lowest BCUT2D eigenvalue weighted by Gasteiger charge is -2.09. The predicted molar refractivity (Wildman–Crippen MR) is 74.6 cm³/mol. The number of hydrogen-bond acceptors (Lipinski definition) is 6. The van der Waals surface area contributed by atoms with Crippen LogP contribution >= 0.6 is 11.3 Å². The van der Waals surface area contributed by atoms with Crippen molar-refractivity contribution in [1.82, 2.24) is 15.0 Å². The molecule has 0 aliphatic rings. The maximum absolute atomic E-state index is 5.60. The summed E-state index contributed by atoms with van der Waals surface area (Å²) in [5.74, 6) is 1.67. The fourth-order valence-electron chi connectivity index (χ4n) is 1.68. The summed E-state index contributed by atoms with van der Waals surface area (Å²) in [7, 11) is 0. The van der Waals surface area contributed by atoms with Gasteiger partial charge in [-0.3, -0.25) is 0 Å². The van der Waals surface area contributed by atoms with Gasteiger partial charge >= 0.3 is 0 Å². The average Bonchev–Trinajstić information content (AvgIpc) is 2.76. The summed E-state index contributed by atoms with van der Waals surface area (Å²) in [5.41, 5.74) is 7.69. The molecule has 3 N–H and O–H groups in total. The molecule has 0 aliphatic heterocycles. The Balaban J connectivity index is 2.09. The molecule has 2 rings (SSSR count). The van der Waals surface area contributed by atoms with Crippen molar-refractivity contribution in [2.24, 2.45) is 0 Å². The zero-order valence-electron chi connectivity index (χ0n) is 10.6. The Morgan fingerprint density at radius 1 is 1.39 bits per heavy atom. The first kappa shape index (κ1) is 12.8. The van der Waals surface area contributed by atoms with Crippen LogP contribution in [0.1, 0.15) is 30.4 Å². The van der Waals surface area contributed by atoms with Gasteiger partial charge in [-0.05, 0) is 13.3 Å². The predicted octanol–water partition coefficient (Wildman–Crippen LogP) is 2.39. The molecule has 0 atom stereocenters. The van der Waals surface area contributed by atoms with Crippen molar-refractivity contribution in [3.05, 3.63) is 28.7 Å². The van der Waals surface area contributed by atoms with Crippen molar-refractivity contribution >= 4 is 22.3 Å². The van der Waals surface area contributed by atoms with E-state index in [9.17, 15) is 0 Å². The van der Waals surface area contributed by atoms with Crippen molar-refractivity contribution in [3.8, 4) is 0 Å². The average molecular weight is 263 g/mol. The van der Waals surface area contributed by atoms with E-state index >= 15 is 0 Å². The highest BCUT2D eigenvalue weighted by Crippen LogP contribution is 2.16. The highest BCUT2D eigenvalue weighted by atomic mass is 32.1. The fourth-order valence-corrected chi connectivity index (χ4v) is 2.24. The van der Waals surface area contributed by atoms with Crippen LogP contribution in [0.2, 0.25) is 0 Å². The molecule has 0 amide bonds. The SMILES string of the molecule is CCCc1cnc(C)nc1NCc1csc(N)n1. The monoisotopic (exact) mass is 263 g/mol. The van der Waals surface area contributed by atoms with E-state index in [-0.39, 0.29) is 0 Å². The van der Waals surface area contributed by atoms with Crippen molar-refractivity contribution in [3.63, 3.8) is 0 Å². The molecule has 0 fully saturated rings. The highest BCUT2D eigenvalue weighted by Gasteiger charge is 2.06. The fraction of sp³-hybridized carbons (Fsp3) is 0.417. The molecule has 6 heteroatoms. The molecule has 96 valence electrons. The zero-order valence-corrected chi connectivity index (χ0v) is 11.4. The second kappa shape index (κ2) is 5.77. The first-order chi connectivity index (χ1) is 8.69. The molecule has 0 spiro atoms. The van der Waals surface area contributed by atoms with Crippen molar-refractivity contribution in [2.45, 2.75) is 33.2 Å². The summed E-state index contributed by atoms with van der Waals surface area (Å²) in [6.07, 6.45) is 3.94. The number of rotatable bonds is 5. The van der Waals surface area contributed by atoms with Crippen LogP contribution in [0.5, 0.6) is 0 Å². The molecule has 0 radical (unpaired) electrons. The van der Waals surface area contributed by atoms with Gasteiger partial charge in [0, 0.05) is 17.1 Å². The molecule has 5 nitrogen and oxygen atoms in total. The van der Waals surface area contributed by atoms with Gasteiger partial charge in [0.1, 0.15) is 11.6 Å². The van der Waals surface area contributed by atoms with Crippen LogP contribution in [0.3, 0.4) is 0 Å². The third-order valence-electron chi connectivity index (χ3n) is 2.51. The molecule has 0 unspecified atom stereocenters. The summed E-state index contributed by atoms with van der Waals surface area (Å²) in [6.45, 7) is 4.67. The Kier molecular flexibility index (Phi) is 4.09. The van der Waals surface area contributed by atoms with E-state index in [0.717, 1.165) is 35.7 Å². The molecule has 2 aromatic heterocycles. The minimum atomic E-state index is 0.597. The Bertz CT molecular complexity index is 523. The van der Waals surface area contributed by atoms with E-state index < -0.39 is 0 Å². The molecule has 0 aromatic carbocycles. The number of anilines is 2. The van der Waals surface area contributed by atoms with Crippen molar-refractivity contribution < 1.29 is 0 Å². The van der Waals surface area contributed by atoms with E-state index in [1.54, 1.807) is 0 Å². The van der Waals surface area contributed by atoms with Gasteiger partial charge < -0.3 is 11.1 Å². The lowest BCUT2D eigenvalue weighted by atomic mass is 10.2. The summed E-state index contributed by atoms with van der Waals surface area (Å²) in [5, 5.41) is 5.86. The summed E-state index contributed by atoms with van der Waals surface area (Å²) in [4.78, 5) is 12.9. The van der Waals surface area contributed by atoms with Crippen molar-refractivity contribution in [2.75, 3.05) is 11.1 Å². The third kappa shape index (κ3) is 3.16. The van der Waals surface area contributed by atoms with Crippen LogP contribution in [-0.2, 0) is 13.0 Å². The number of nitrogen functional groups attached to an aromatic ring is 1. The van der Waals surface area contributed by atoms with E-state index in [2.05, 4.69) is 27.2 Å². The molecule has 2 aromatic rings. The molecule has 0 saturated heterocycles. The maximum atomic E-state index is 5.60. The minimum Gasteiger partial charge on any atom is -0.375 e. The van der Waals surface area contributed by atoms with Crippen LogP contribution in [0.15, 0.2) is 11.6 Å². The number of nitrogens with two attached hydrogens (primary N) is 1. The smallest absolute Gasteiger partial charge is 0.180 e. The van der Waals surface area contributed by atoms with Gasteiger partial charge in [-0.2, -0.15) is 0 Å². The first-order valence-corrected chi connectivity index (χ1v) is 6.83. The topological polar surface area (TPSA) is 76.7 Å². The highest BCUT2D eigenvalue weighted by molar-refractivity contribution is 7.13. The lowest BCUT2D eigenvalue weighted by molar-refractivity contribution is 0.884. The second-order valence-electron chi connectivity index (χ2n) is 4.07. The van der Waals surface area contributed by atoms with Crippen LogP contribution in [0.25, 0.3) is 0 Å². The summed E-state index contributed by atoms with van der Waals surface area (Å²) in [6, 6.07) is 0. The van der Waals surface area contributed by atoms with Crippen molar-refractivity contribution in [1.29, 1.82) is 0 Å². The largest absolute Gasteiger partial charge is 0.375 e. The number of thiazole rings is 1. The molecule has 0 bridgehead atoms. The number of nitrogens with zero attached hydrogens (tertiary/aromatic N) is 3. The van der Waals surface area contributed by atoms with Gasteiger partial charge in [0.2, 0.25) is 0 Å². The van der Waals surface area contributed by atoms with Gasteiger partial charge in [-0.1, -0.05) is 13.3 Å². The first-order valence-electron chi connectivity index (χ1n) is 5.95. The Morgan fingerprint density at radius 3 is 2.89 bits per heavy atom. The van der Waals surface area contributed by atoms with Gasteiger partial charge in [-0.15, -0.1) is 11.3 Å². The molecule has 18 heavy (non-hydrogen) atoms. The normalized spacial score (nSPS) is 10.6. The number of aromatic nitrogens is 3. The molecular formula is C12H17N5S. The quantitative estimate of drug-likeness (QED) is 0.866. The van der Waals surface area contributed by atoms with E-state index in [0.29, 0.717) is 11.7 Å². The second-order valence-corrected chi connectivity index (χ2v) is 4.96. The molecule has 2 heterocycles. The van der Waals surface area contributed by atoms with E-state index in [4.69, 9.17) is 5.73 Å². The number of aryl methyl sites for hydroxylation is 2. The standard InChI is InChI=1S/C12H17N5S/c1-3-4-9-5-14-8(2)16-11(9)15-6-10-7-18-12(13)17-10/h5,7H,3-4,6H2,1-2H3,(H2,13,17)(H,14,15,16). The summed E-state index contributed by atoms with van der Waals surface area (Å²) >= 11 is 1.45. The van der Waals surface area contributed by atoms with Gasteiger partial charge in [0.25, 0.3) is 0 Å². The van der Waals surface area contributed by atoms with Gasteiger partial charge in [0.15, 0.2) is 5.13 Å². The Morgan fingerprint density at radius 2 is 2.22 bits per heavy atom. The van der Waals surface area contributed by atoms with Gasteiger partial charge in [-0.25, -0.2) is 15.0 Å². The summed E-state index contributed by atoms with van der Waals surface area (Å²) < 4.78 is 0. The maximum Gasteiger partial charge on any atom is 0.180 e. The minimum absolute atomic E-state index is 0.597. The van der Waals surface area contributed by atoms with Crippen LogP contribution in [0.4, 0.5) is 10.9 Å². The van der Waals surface area contributed by atoms with Crippen LogP contribution < -0.4 is 11.1 Å². The molecule has 0 saturated carbocycles. The van der Waals surface area contributed by atoms with E-state index in [1.165, 1.54) is 11.3 Å². The number of nitrogens with one attached hydrogen (secondary N) is 1. The van der Waals surface area contributed by atoms with E-state index in [1.807, 2.05) is 18.5 Å². The number of hydrogen-bond donors (Lipinski definition) is 2. The third-order valence-corrected chi connectivity index (χ3v) is 3.23. The molecule has 0 aliphatic carbocycles. The lowest BCUT2D eigenvalue weighted by Crippen LogP contribution is -2.07.